The van der Waals surface area contributed by atoms with Crippen molar-refractivity contribution in [1.29, 1.82) is 0 Å². The molecule has 2 saturated heterocycles. The molecule has 21 heavy (non-hydrogen) atoms. The molecule has 12 heteroatoms. The van der Waals surface area contributed by atoms with Crippen LogP contribution in [-0.2, 0) is 9.59 Å². The van der Waals surface area contributed by atoms with Crippen LogP contribution in [0, 0.1) is 0 Å². The van der Waals surface area contributed by atoms with Crippen molar-refractivity contribution < 1.29 is 46.1 Å². The normalized spacial score (nSPS) is 23.5. The Hall–Kier alpha value is -1.56. The number of hydrogen-bond donors (Lipinski definition) is 4. The second-order valence-electron chi connectivity index (χ2n) is 4.05. The first-order valence-corrected chi connectivity index (χ1v) is 5.41. The molecule has 2 fully saturated rings. The number of halogens is 6. The molecule has 0 aromatic rings. The van der Waals surface area contributed by atoms with E-state index in [9.17, 15) is 26.3 Å². The molecule has 2 aliphatic heterocycles. The molecule has 2 rings (SSSR count). The average molecular weight is 326 g/mol. The van der Waals surface area contributed by atoms with Crippen LogP contribution in [0.4, 0.5) is 26.3 Å². The Labute approximate surface area is 114 Å². The van der Waals surface area contributed by atoms with E-state index >= 15 is 0 Å². The molecule has 0 aliphatic carbocycles. The van der Waals surface area contributed by atoms with Crippen molar-refractivity contribution in [3.05, 3.63) is 0 Å². The van der Waals surface area contributed by atoms with E-state index in [0.717, 1.165) is 12.1 Å². The fraction of sp³-hybridized carbons (Fsp3) is 0.778. The highest BCUT2D eigenvalue weighted by atomic mass is 19.4. The molecule has 2 unspecified atom stereocenters. The molecule has 2 heterocycles. The second-order valence-corrected chi connectivity index (χ2v) is 4.05. The minimum absolute atomic E-state index is 0.810. The van der Waals surface area contributed by atoms with E-state index in [1.165, 1.54) is 19.5 Å². The zero-order valence-electron chi connectivity index (χ0n) is 10.3. The molecule has 0 spiro atoms. The number of aliphatic carboxylic acids is 2. The predicted octanol–water partition coefficient (Wildman–Crippen LogP) is 0.587. The van der Waals surface area contributed by atoms with Gasteiger partial charge in [-0.2, -0.15) is 26.3 Å². The van der Waals surface area contributed by atoms with Gasteiger partial charge >= 0.3 is 24.3 Å². The van der Waals surface area contributed by atoms with Gasteiger partial charge in [-0.15, -0.1) is 0 Å². The average Bonchev–Trinajstić information content (AvgIpc) is 2.91. The van der Waals surface area contributed by atoms with Crippen LogP contribution in [-0.4, -0.2) is 59.7 Å². The number of rotatable bonds is 0. The van der Waals surface area contributed by atoms with Gasteiger partial charge in [-0.1, -0.05) is 0 Å². The van der Waals surface area contributed by atoms with Gasteiger partial charge in [0.25, 0.3) is 0 Å². The van der Waals surface area contributed by atoms with Crippen LogP contribution in [0.15, 0.2) is 0 Å². The third-order valence-corrected chi connectivity index (χ3v) is 2.36. The number of carbonyl (C=O) groups is 2. The molecule has 6 nitrogen and oxygen atoms in total. The van der Waals surface area contributed by atoms with Crippen molar-refractivity contribution >= 4 is 11.9 Å². The van der Waals surface area contributed by atoms with Gasteiger partial charge in [0.05, 0.1) is 0 Å². The van der Waals surface area contributed by atoms with Gasteiger partial charge in [-0.05, 0) is 6.42 Å². The van der Waals surface area contributed by atoms with Crippen molar-refractivity contribution in [3.63, 3.8) is 0 Å². The summed E-state index contributed by atoms with van der Waals surface area (Å²) in [6, 6.07) is 1.62. The summed E-state index contributed by atoms with van der Waals surface area (Å²) in [6.07, 6.45) is -8.81. The molecule has 4 N–H and O–H groups in total. The van der Waals surface area contributed by atoms with Crippen LogP contribution in [0.1, 0.15) is 6.42 Å². The fourth-order valence-corrected chi connectivity index (χ4v) is 1.44. The number of piperazine rings is 1. The SMILES string of the molecule is C1NC2CNC1C2.O=C(O)C(F)(F)F.O=C(O)C(F)(F)F. The lowest BCUT2D eigenvalue weighted by Crippen LogP contribution is -2.39. The first-order valence-electron chi connectivity index (χ1n) is 5.41. The Morgan fingerprint density at radius 2 is 1.05 bits per heavy atom. The van der Waals surface area contributed by atoms with Crippen LogP contribution in [0.25, 0.3) is 0 Å². The third-order valence-electron chi connectivity index (χ3n) is 2.36. The molecular weight excluding hydrogens is 314 g/mol. The molecule has 2 atom stereocenters. The lowest BCUT2D eigenvalue weighted by Gasteiger charge is -2.10. The monoisotopic (exact) mass is 326 g/mol. The minimum atomic E-state index is -5.08. The molecule has 0 aromatic carbocycles. The highest BCUT2D eigenvalue weighted by Gasteiger charge is 2.38. The van der Waals surface area contributed by atoms with Crippen LogP contribution in [0.2, 0.25) is 0 Å². The maximum atomic E-state index is 10.6. The van der Waals surface area contributed by atoms with Gasteiger partial charge in [0.1, 0.15) is 0 Å². The van der Waals surface area contributed by atoms with Gasteiger partial charge < -0.3 is 20.8 Å². The van der Waals surface area contributed by atoms with Crippen molar-refractivity contribution in [2.45, 2.75) is 30.9 Å². The van der Waals surface area contributed by atoms with Crippen molar-refractivity contribution in [2.75, 3.05) is 13.1 Å². The summed E-state index contributed by atoms with van der Waals surface area (Å²) in [5, 5.41) is 21.0. The standard InChI is InChI=1S/C5H10N2.2C2HF3O2/c1-4-2-6-5(1)3-7-4;2*3-2(4,5)1(6)7/h4-7H,1-3H2;2*(H,6,7). The highest BCUT2D eigenvalue weighted by molar-refractivity contribution is 5.73. The van der Waals surface area contributed by atoms with E-state index < -0.39 is 24.3 Å². The molecule has 0 aromatic heterocycles. The summed E-state index contributed by atoms with van der Waals surface area (Å²) in [6.45, 7) is 2.40. The third kappa shape index (κ3) is 8.34. The first kappa shape index (κ1) is 19.4. The Kier molecular flexibility index (Phi) is 6.90. The lowest BCUT2D eigenvalue weighted by molar-refractivity contribution is -0.193. The zero-order chi connectivity index (χ0) is 16.8. The molecular formula is C9H12F6N2O4. The van der Waals surface area contributed by atoms with Crippen molar-refractivity contribution in [1.82, 2.24) is 10.6 Å². The number of fused-ring (bicyclic) bond motifs is 2. The van der Waals surface area contributed by atoms with E-state index in [2.05, 4.69) is 10.6 Å². The maximum absolute atomic E-state index is 10.6. The van der Waals surface area contributed by atoms with E-state index in [0.29, 0.717) is 0 Å². The Morgan fingerprint density at radius 3 is 1.10 bits per heavy atom. The second kappa shape index (κ2) is 7.45. The van der Waals surface area contributed by atoms with Gasteiger partial charge in [0.2, 0.25) is 0 Å². The maximum Gasteiger partial charge on any atom is 0.490 e. The Bertz CT molecular complexity index is 328. The van der Waals surface area contributed by atoms with E-state index in [1.807, 2.05) is 0 Å². The van der Waals surface area contributed by atoms with Gasteiger partial charge in [-0.3, -0.25) is 0 Å². The molecule has 2 bridgehead atoms. The van der Waals surface area contributed by atoms with Crippen LogP contribution in [0.5, 0.6) is 0 Å². The smallest absolute Gasteiger partial charge is 0.475 e. The zero-order valence-corrected chi connectivity index (χ0v) is 10.3. The number of carboxylic acid groups (broad SMARTS) is 2. The van der Waals surface area contributed by atoms with Gasteiger partial charge in [-0.25, -0.2) is 9.59 Å². The summed E-state index contributed by atoms with van der Waals surface area (Å²) >= 11 is 0. The molecule has 0 saturated carbocycles. The quantitative estimate of drug-likeness (QED) is 0.486. The summed E-state index contributed by atoms with van der Waals surface area (Å²) in [5.74, 6) is -5.51. The predicted molar refractivity (Wildman–Crippen MR) is 55.6 cm³/mol. The molecule has 124 valence electrons. The van der Waals surface area contributed by atoms with E-state index in [4.69, 9.17) is 19.8 Å². The first-order chi connectivity index (χ1) is 9.34. The van der Waals surface area contributed by atoms with E-state index in [-0.39, 0.29) is 0 Å². The molecule has 0 radical (unpaired) electrons. The van der Waals surface area contributed by atoms with Crippen LogP contribution < -0.4 is 10.6 Å². The lowest BCUT2D eigenvalue weighted by atomic mass is 10.3. The summed E-state index contributed by atoms with van der Waals surface area (Å²) in [7, 11) is 0. The Balaban J connectivity index is 0.000000286. The number of hydrogen-bond acceptors (Lipinski definition) is 4. The van der Waals surface area contributed by atoms with Crippen molar-refractivity contribution in [3.8, 4) is 0 Å². The number of carboxylic acids is 2. The minimum Gasteiger partial charge on any atom is -0.475 e. The Morgan fingerprint density at radius 1 is 0.810 bits per heavy atom. The van der Waals surface area contributed by atoms with E-state index in [1.54, 1.807) is 0 Å². The summed E-state index contributed by atoms with van der Waals surface area (Å²) < 4.78 is 63.5. The van der Waals surface area contributed by atoms with Gasteiger partial charge in [0.15, 0.2) is 0 Å². The summed E-state index contributed by atoms with van der Waals surface area (Å²) in [4.78, 5) is 17.8. The fourth-order valence-electron chi connectivity index (χ4n) is 1.44. The van der Waals surface area contributed by atoms with Crippen LogP contribution >= 0.6 is 0 Å². The number of alkyl halides is 6. The number of nitrogens with one attached hydrogen (secondary N) is 2. The molecule has 2 aliphatic rings. The largest absolute Gasteiger partial charge is 0.490 e. The highest BCUT2D eigenvalue weighted by Crippen LogP contribution is 2.13. The van der Waals surface area contributed by atoms with Crippen molar-refractivity contribution in [2.24, 2.45) is 0 Å². The summed E-state index contributed by atoms with van der Waals surface area (Å²) in [5.41, 5.74) is 0. The topological polar surface area (TPSA) is 98.7 Å². The van der Waals surface area contributed by atoms with Gasteiger partial charge in [0, 0.05) is 25.2 Å². The molecule has 0 amide bonds. The van der Waals surface area contributed by atoms with Crippen LogP contribution in [0.3, 0.4) is 0 Å².